The molecule has 25 heavy (non-hydrogen) atoms. The van der Waals surface area contributed by atoms with Crippen molar-refractivity contribution in [1.29, 1.82) is 0 Å². The number of nitrogens with zero attached hydrogens (tertiary/aromatic N) is 3. The highest BCUT2D eigenvalue weighted by atomic mass is 35.5. The second-order valence-electron chi connectivity index (χ2n) is 5.40. The second kappa shape index (κ2) is 6.60. The molecule has 0 aromatic carbocycles. The van der Waals surface area contributed by atoms with Gasteiger partial charge in [-0.1, -0.05) is 18.5 Å². The topological polar surface area (TPSA) is 90.8 Å². The molecule has 1 fully saturated rings. The molecular formula is C14H13ClF3N3O4. The molecule has 1 saturated heterocycles. The number of rotatable bonds is 3. The van der Waals surface area contributed by atoms with Crippen molar-refractivity contribution in [3.8, 4) is 0 Å². The number of carbonyl (C=O) groups excluding carboxylic acids is 3. The monoisotopic (exact) mass is 379 g/mol. The zero-order valence-corrected chi connectivity index (χ0v) is 13.8. The Morgan fingerprint density at radius 3 is 2.36 bits per heavy atom. The number of anilines is 1. The lowest BCUT2D eigenvalue weighted by atomic mass is 9.98. The summed E-state index contributed by atoms with van der Waals surface area (Å²) in [4.78, 5) is 40.0. The summed E-state index contributed by atoms with van der Waals surface area (Å²) in [6.45, 7) is 1.78. The Hall–Kier alpha value is -2.20. The van der Waals surface area contributed by atoms with Crippen LogP contribution in [0.1, 0.15) is 19.4 Å². The maximum absolute atomic E-state index is 12.8. The van der Waals surface area contributed by atoms with Crippen LogP contribution >= 0.6 is 11.6 Å². The van der Waals surface area contributed by atoms with Crippen LogP contribution in [0.3, 0.4) is 0 Å². The van der Waals surface area contributed by atoms with Gasteiger partial charge < -0.3 is 5.11 Å². The van der Waals surface area contributed by atoms with Crippen molar-refractivity contribution in [2.75, 3.05) is 11.6 Å². The SMILES string of the molecule is CC(=O)N(c1ccc(C(F)(F)F)c(Cl)n1)N1C(=O)C(C)C(CO)C1=O. The maximum Gasteiger partial charge on any atom is 0.419 e. The number of halogens is 4. The van der Waals surface area contributed by atoms with Gasteiger partial charge in [-0.05, 0) is 12.1 Å². The summed E-state index contributed by atoms with van der Waals surface area (Å²) < 4.78 is 38.3. The summed E-state index contributed by atoms with van der Waals surface area (Å²) in [5, 5.41) is 9.33. The van der Waals surface area contributed by atoms with Gasteiger partial charge in [0.1, 0.15) is 5.15 Å². The molecule has 1 aromatic rings. The lowest BCUT2D eigenvalue weighted by molar-refractivity contribution is -0.144. The van der Waals surface area contributed by atoms with Crippen LogP contribution in [-0.2, 0) is 20.6 Å². The van der Waals surface area contributed by atoms with E-state index in [1.807, 2.05) is 0 Å². The van der Waals surface area contributed by atoms with Crippen molar-refractivity contribution < 1.29 is 32.7 Å². The van der Waals surface area contributed by atoms with Crippen LogP contribution in [0.25, 0.3) is 0 Å². The van der Waals surface area contributed by atoms with E-state index in [0.29, 0.717) is 16.1 Å². The number of hydrogen-bond donors (Lipinski definition) is 1. The van der Waals surface area contributed by atoms with E-state index in [1.165, 1.54) is 6.92 Å². The molecule has 0 radical (unpaired) electrons. The van der Waals surface area contributed by atoms with Gasteiger partial charge in [0, 0.05) is 6.92 Å². The molecular weight excluding hydrogens is 367 g/mol. The maximum atomic E-state index is 12.8. The normalized spacial score (nSPS) is 21.0. The Morgan fingerprint density at radius 2 is 1.96 bits per heavy atom. The van der Waals surface area contributed by atoms with Gasteiger partial charge in [-0.25, -0.2) is 4.98 Å². The minimum absolute atomic E-state index is 0.419. The van der Waals surface area contributed by atoms with Gasteiger partial charge in [0.05, 0.1) is 24.0 Å². The minimum atomic E-state index is -4.75. The third-order valence-electron chi connectivity index (χ3n) is 3.78. The number of pyridine rings is 1. The molecule has 2 atom stereocenters. The first-order valence-electron chi connectivity index (χ1n) is 7.03. The molecule has 11 heteroatoms. The van der Waals surface area contributed by atoms with E-state index >= 15 is 0 Å². The van der Waals surface area contributed by atoms with E-state index < -0.39 is 58.9 Å². The Morgan fingerprint density at radius 1 is 1.36 bits per heavy atom. The van der Waals surface area contributed by atoms with Crippen molar-refractivity contribution in [3.63, 3.8) is 0 Å². The second-order valence-corrected chi connectivity index (χ2v) is 5.76. The zero-order valence-electron chi connectivity index (χ0n) is 13.0. The number of aromatic nitrogens is 1. The van der Waals surface area contributed by atoms with Crippen LogP contribution in [0, 0.1) is 11.8 Å². The summed E-state index contributed by atoms with van der Waals surface area (Å²) in [7, 11) is 0. The third-order valence-corrected chi connectivity index (χ3v) is 4.07. The molecule has 2 heterocycles. The largest absolute Gasteiger partial charge is 0.419 e. The van der Waals surface area contributed by atoms with Gasteiger partial charge in [-0.15, -0.1) is 0 Å². The van der Waals surface area contributed by atoms with Crippen LogP contribution in [0.4, 0.5) is 19.0 Å². The van der Waals surface area contributed by atoms with E-state index in [4.69, 9.17) is 11.6 Å². The van der Waals surface area contributed by atoms with E-state index in [0.717, 1.165) is 13.0 Å². The Balaban J connectivity index is 2.50. The lowest BCUT2D eigenvalue weighted by Gasteiger charge is -2.28. The van der Waals surface area contributed by atoms with E-state index in [-0.39, 0.29) is 0 Å². The first kappa shape index (κ1) is 19.1. The van der Waals surface area contributed by atoms with Crippen LogP contribution < -0.4 is 5.01 Å². The fraction of sp³-hybridized carbons (Fsp3) is 0.429. The summed E-state index contributed by atoms with van der Waals surface area (Å²) in [6, 6.07) is 1.42. The first-order chi connectivity index (χ1) is 11.5. The van der Waals surface area contributed by atoms with Gasteiger partial charge in [0.2, 0.25) is 5.91 Å². The van der Waals surface area contributed by atoms with Crippen molar-refractivity contribution in [1.82, 2.24) is 9.99 Å². The van der Waals surface area contributed by atoms with E-state index in [9.17, 15) is 32.7 Å². The molecule has 136 valence electrons. The van der Waals surface area contributed by atoms with Gasteiger partial charge in [-0.3, -0.25) is 14.4 Å². The molecule has 1 aromatic heterocycles. The molecule has 0 saturated carbocycles. The van der Waals surface area contributed by atoms with Crippen LogP contribution in [0.15, 0.2) is 12.1 Å². The predicted octanol–water partition coefficient (Wildman–Crippen LogP) is 1.64. The fourth-order valence-electron chi connectivity index (χ4n) is 2.44. The Labute approximate surface area is 144 Å². The number of aliphatic hydroxyl groups excluding tert-OH is 1. The summed E-state index contributed by atoms with van der Waals surface area (Å²) in [5.41, 5.74) is -1.22. The van der Waals surface area contributed by atoms with Gasteiger partial charge >= 0.3 is 6.18 Å². The quantitative estimate of drug-likeness (QED) is 0.637. The van der Waals surface area contributed by atoms with Gasteiger partial charge in [0.15, 0.2) is 5.82 Å². The average Bonchev–Trinajstić information content (AvgIpc) is 2.69. The number of aliphatic hydroxyl groups is 1. The average molecular weight is 380 g/mol. The molecule has 0 spiro atoms. The molecule has 3 amide bonds. The van der Waals surface area contributed by atoms with Gasteiger partial charge in [0.25, 0.3) is 11.8 Å². The number of hydrogen-bond acceptors (Lipinski definition) is 5. The molecule has 0 aliphatic carbocycles. The lowest BCUT2D eigenvalue weighted by Crippen LogP contribution is -2.50. The number of alkyl halides is 3. The van der Waals surface area contributed by atoms with Crippen LogP contribution in [0.2, 0.25) is 5.15 Å². The standard InChI is InChI=1S/C14H13ClF3N3O4/c1-6-8(5-22)13(25)21(12(6)24)20(7(2)23)10-4-3-9(11(15)19-10)14(16,17)18/h3-4,6,8,22H,5H2,1-2H3. The molecule has 1 aliphatic rings. The molecule has 2 unspecified atom stereocenters. The molecule has 1 N–H and O–H groups in total. The smallest absolute Gasteiger partial charge is 0.396 e. The minimum Gasteiger partial charge on any atom is -0.396 e. The summed E-state index contributed by atoms with van der Waals surface area (Å²) in [6.07, 6.45) is -4.75. The van der Waals surface area contributed by atoms with E-state index in [1.54, 1.807) is 0 Å². The van der Waals surface area contributed by atoms with E-state index in [2.05, 4.69) is 4.98 Å². The number of amides is 3. The predicted molar refractivity (Wildman–Crippen MR) is 79.0 cm³/mol. The highest BCUT2D eigenvalue weighted by Crippen LogP contribution is 2.36. The Bertz CT molecular complexity index is 741. The molecule has 2 rings (SSSR count). The van der Waals surface area contributed by atoms with Crippen molar-refractivity contribution in [3.05, 3.63) is 22.8 Å². The fourth-order valence-corrected chi connectivity index (χ4v) is 2.69. The number of imide groups is 1. The van der Waals surface area contributed by atoms with Crippen molar-refractivity contribution >= 4 is 35.1 Å². The highest BCUT2D eigenvalue weighted by molar-refractivity contribution is 6.30. The summed E-state index contributed by atoms with van der Waals surface area (Å²) in [5.74, 6) is -4.84. The summed E-state index contributed by atoms with van der Waals surface area (Å²) >= 11 is 5.53. The third kappa shape index (κ3) is 3.31. The molecule has 0 bridgehead atoms. The molecule has 7 nitrogen and oxygen atoms in total. The highest BCUT2D eigenvalue weighted by Gasteiger charge is 2.49. The first-order valence-corrected chi connectivity index (χ1v) is 7.41. The number of carbonyl (C=O) groups is 3. The zero-order chi connectivity index (χ0) is 19.1. The van der Waals surface area contributed by atoms with Gasteiger partial charge in [-0.2, -0.15) is 23.2 Å². The number of hydrazine groups is 1. The Kier molecular flexibility index (Phi) is 5.05. The van der Waals surface area contributed by atoms with Crippen molar-refractivity contribution in [2.45, 2.75) is 20.0 Å². The van der Waals surface area contributed by atoms with Crippen LogP contribution in [0.5, 0.6) is 0 Å². The van der Waals surface area contributed by atoms with Crippen LogP contribution in [-0.4, -0.2) is 39.4 Å². The van der Waals surface area contributed by atoms with Crippen molar-refractivity contribution in [2.24, 2.45) is 11.8 Å². The molecule has 1 aliphatic heterocycles.